The van der Waals surface area contributed by atoms with Crippen molar-refractivity contribution in [1.29, 1.82) is 0 Å². The number of nitrogens with one attached hydrogen (secondary N) is 1. The van der Waals surface area contributed by atoms with Gasteiger partial charge in [-0.15, -0.1) is 11.3 Å². The SMILES string of the molecule is CCOc1ccc(NC(=O)c2ncsc2C)cc1. The van der Waals surface area contributed by atoms with Crippen LogP contribution in [0.4, 0.5) is 5.69 Å². The highest BCUT2D eigenvalue weighted by Crippen LogP contribution is 2.17. The second-order valence-corrected chi connectivity index (χ2v) is 4.73. The monoisotopic (exact) mass is 262 g/mol. The highest BCUT2D eigenvalue weighted by atomic mass is 32.1. The van der Waals surface area contributed by atoms with E-state index in [0.29, 0.717) is 12.3 Å². The maximum absolute atomic E-state index is 11.9. The van der Waals surface area contributed by atoms with Crippen molar-refractivity contribution in [1.82, 2.24) is 4.98 Å². The molecular weight excluding hydrogens is 248 g/mol. The number of anilines is 1. The smallest absolute Gasteiger partial charge is 0.275 e. The molecule has 5 heteroatoms. The molecule has 0 aliphatic rings. The molecule has 1 amide bonds. The number of amides is 1. The normalized spacial score (nSPS) is 10.1. The van der Waals surface area contributed by atoms with Gasteiger partial charge >= 0.3 is 0 Å². The van der Waals surface area contributed by atoms with Crippen LogP contribution in [-0.2, 0) is 0 Å². The van der Waals surface area contributed by atoms with E-state index in [0.717, 1.165) is 16.3 Å². The molecule has 0 spiro atoms. The van der Waals surface area contributed by atoms with Crippen molar-refractivity contribution in [2.45, 2.75) is 13.8 Å². The Morgan fingerprint density at radius 1 is 1.39 bits per heavy atom. The van der Waals surface area contributed by atoms with Gasteiger partial charge < -0.3 is 10.1 Å². The van der Waals surface area contributed by atoms with E-state index in [9.17, 15) is 4.79 Å². The van der Waals surface area contributed by atoms with Crippen LogP contribution in [0.3, 0.4) is 0 Å². The van der Waals surface area contributed by atoms with Crippen molar-refractivity contribution in [2.75, 3.05) is 11.9 Å². The molecule has 1 aromatic carbocycles. The van der Waals surface area contributed by atoms with Crippen LogP contribution in [0.5, 0.6) is 5.75 Å². The third-order valence-corrected chi connectivity index (χ3v) is 3.14. The molecule has 2 rings (SSSR count). The number of aromatic nitrogens is 1. The number of carbonyl (C=O) groups excluding carboxylic acids is 1. The molecule has 0 unspecified atom stereocenters. The van der Waals surface area contributed by atoms with Gasteiger partial charge in [0, 0.05) is 10.6 Å². The van der Waals surface area contributed by atoms with Crippen molar-refractivity contribution < 1.29 is 9.53 Å². The Morgan fingerprint density at radius 3 is 2.67 bits per heavy atom. The quantitative estimate of drug-likeness (QED) is 0.921. The van der Waals surface area contributed by atoms with Gasteiger partial charge in [0.1, 0.15) is 11.4 Å². The fraction of sp³-hybridized carbons (Fsp3) is 0.231. The van der Waals surface area contributed by atoms with Gasteiger partial charge in [0.15, 0.2) is 0 Å². The summed E-state index contributed by atoms with van der Waals surface area (Å²) in [6, 6.07) is 7.27. The fourth-order valence-electron chi connectivity index (χ4n) is 1.51. The van der Waals surface area contributed by atoms with Gasteiger partial charge in [-0.1, -0.05) is 0 Å². The van der Waals surface area contributed by atoms with E-state index in [-0.39, 0.29) is 5.91 Å². The van der Waals surface area contributed by atoms with Gasteiger partial charge in [-0.05, 0) is 38.1 Å². The summed E-state index contributed by atoms with van der Waals surface area (Å²) >= 11 is 1.46. The van der Waals surface area contributed by atoms with Crippen molar-refractivity contribution in [3.8, 4) is 5.75 Å². The molecule has 1 heterocycles. The highest BCUT2D eigenvalue weighted by molar-refractivity contribution is 7.09. The van der Waals surface area contributed by atoms with Gasteiger partial charge in [-0.3, -0.25) is 4.79 Å². The molecule has 0 aliphatic heterocycles. The van der Waals surface area contributed by atoms with Crippen molar-refractivity contribution in [3.63, 3.8) is 0 Å². The average molecular weight is 262 g/mol. The molecule has 4 nitrogen and oxygen atoms in total. The predicted molar refractivity (Wildman–Crippen MR) is 72.4 cm³/mol. The second kappa shape index (κ2) is 5.64. The molecule has 0 bridgehead atoms. The van der Waals surface area contributed by atoms with E-state index in [1.807, 2.05) is 38.1 Å². The lowest BCUT2D eigenvalue weighted by atomic mass is 10.3. The number of aryl methyl sites for hydroxylation is 1. The molecule has 0 saturated heterocycles. The minimum absolute atomic E-state index is 0.182. The third kappa shape index (κ3) is 2.87. The minimum Gasteiger partial charge on any atom is -0.494 e. The van der Waals surface area contributed by atoms with E-state index >= 15 is 0 Å². The van der Waals surface area contributed by atoms with Gasteiger partial charge in [0.05, 0.1) is 12.1 Å². The van der Waals surface area contributed by atoms with Crippen LogP contribution >= 0.6 is 11.3 Å². The first-order chi connectivity index (χ1) is 8.70. The van der Waals surface area contributed by atoms with E-state index in [4.69, 9.17) is 4.74 Å². The number of rotatable bonds is 4. The topological polar surface area (TPSA) is 51.2 Å². The molecule has 18 heavy (non-hydrogen) atoms. The maximum atomic E-state index is 11.9. The number of hydrogen-bond acceptors (Lipinski definition) is 4. The number of nitrogens with zero attached hydrogens (tertiary/aromatic N) is 1. The van der Waals surface area contributed by atoms with Gasteiger partial charge in [-0.25, -0.2) is 4.98 Å². The molecule has 0 saturated carbocycles. The molecule has 94 valence electrons. The lowest BCUT2D eigenvalue weighted by Crippen LogP contribution is -2.13. The highest BCUT2D eigenvalue weighted by Gasteiger charge is 2.11. The Kier molecular flexibility index (Phi) is 3.94. The average Bonchev–Trinajstić information content (AvgIpc) is 2.78. The summed E-state index contributed by atoms with van der Waals surface area (Å²) in [4.78, 5) is 16.9. The summed E-state index contributed by atoms with van der Waals surface area (Å²) in [6.07, 6.45) is 0. The molecule has 2 aromatic rings. The molecule has 0 aliphatic carbocycles. The number of hydrogen-bond donors (Lipinski definition) is 1. The number of benzene rings is 1. The molecule has 1 aromatic heterocycles. The van der Waals surface area contributed by atoms with Crippen LogP contribution in [-0.4, -0.2) is 17.5 Å². The van der Waals surface area contributed by atoms with E-state index in [2.05, 4.69) is 10.3 Å². The Balaban J connectivity index is 2.05. The maximum Gasteiger partial charge on any atom is 0.275 e. The van der Waals surface area contributed by atoms with E-state index < -0.39 is 0 Å². The van der Waals surface area contributed by atoms with Crippen LogP contribution in [0, 0.1) is 6.92 Å². The second-order valence-electron chi connectivity index (χ2n) is 3.67. The van der Waals surface area contributed by atoms with Crippen LogP contribution < -0.4 is 10.1 Å². The summed E-state index contributed by atoms with van der Waals surface area (Å²) in [5.41, 5.74) is 2.88. The summed E-state index contributed by atoms with van der Waals surface area (Å²) in [7, 11) is 0. The summed E-state index contributed by atoms with van der Waals surface area (Å²) in [6.45, 7) is 4.44. The third-order valence-electron chi connectivity index (χ3n) is 2.38. The van der Waals surface area contributed by atoms with Crippen LogP contribution in [0.25, 0.3) is 0 Å². The number of ether oxygens (including phenoxy) is 1. The zero-order chi connectivity index (χ0) is 13.0. The lowest BCUT2D eigenvalue weighted by molar-refractivity contribution is 0.102. The Hall–Kier alpha value is -1.88. The zero-order valence-corrected chi connectivity index (χ0v) is 11.1. The van der Waals surface area contributed by atoms with Gasteiger partial charge in [0.25, 0.3) is 5.91 Å². The van der Waals surface area contributed by atoms with Gasteiger partial charge in [0.2, 0.25) is 0 Å². The first-order valence-corrected chi connectivity index (χ1v) is 6.53. The zero-order valence-electron chi connectivity index (χ0n) is 10.3. The van der Waals surface area contributed by atoms with Crippen LogP contribution in [0.1, 0.15) is 22.3 Å². The summed E-state index contributed by atoms with van der Waals surface area (Å²) in [5.74, 6) is 0.609. The van der Waals surface area contributed by atoms with Gasteiger partial charge in [-0.2, -0.15) is 0 Å². The molecule has 0 radical (unpaired) electrons. The Labute approximate surface area is 110 Å². The lowest BCUT2D eigenvalue weighted by Gasteiger charge is -2.06. The first kappa shape index (κ1) is 12.6. The van der Waals surface area contributed by atoms with Crippen molar-refractivity contribution in [2.24, 2.45) is 0 Å². The standard InChI is InChI=1S/C13H14N2O2S/c1-3-17-11-6-4-10(5-7-11)15-13(16)12-9(2)18-8-14-12/h4-8H,3H2,1-2H3,(H,15,16). The number of thiazole rings is 1. The van der Waals surface area contributed by atoms with E-state index in [1.54, 1.807) is 5.51 Å². The first-order valence-electron chi connectivity index (χ1n) is 5.65. The van der Waals surface area contributed by atoms with Crippen molar-refractivity contribution >= 4 is 22.9 Å². The molecule has 0 fully saturated rings. The Bertz CT molecular complexity index is 534. The van der Waals surface area contributed by atoms with Crippen LogP contribution in [0.2, 0.25) is 0 Å². The predicted octanol–water partition coefficient (Wildman–Crippen LogP) is 3.10. The largest absolute Gasteiger partial charge is 0.494 e. The minimum atomic E-state index is -0.182. The molecule has 0 atom stereocenters. The summed E-state index contributed by atoms with van der Waals surface area (Å²) < 4.78 is 5.33. The van der Waals surface area contributed by atoms with Crippen LogP contribution in [0.15, 0.2) is 29.8 Å². The summed E-state index contributed by atoms with van der Waals surface area (Å²) in [5, 5.41) is 2.80. The Morgan fingerprint density at radius 2 is 2.11 bits per heavy atom. The van der Waals surface area contributed by atoms with Crippen molar-refractivity contribution in [3.05, 3.63) is 40.3 Å². The fourth-order valence-corrected chi connectivity index (χ4v) is 2.09. The van der Waals surface area contributed by atoms with E-state index in [1.165, 1.54) is 11.3 Å². The molecule has 1 N–H and O–H groups in total. The molecular formula is C13H14N2O2S. The number of carbonyl (C=O) groups is 1.